The van der Waals surface area contributed by atoms with Crippen LogP contribution >= 0.6 is 50.7 Å². The molecule has 0 atom stereocenters. The fourth-order valence-corrected chi connectivity index (χ4v) is 1.72. The lowest BCUT2D eigenvalue weighted by molar-refractivity contribution is 0.0516. The van der Waals surface area contributed by atoms with E-state index in [1.165, 1.54) is 0 Å². The van der Waals surface area contributed by atoms with Crippen molar-refractivity contribution in [1.82, 2.24) is 0 Å². The van der Waals surface area contributed by atoms with Crippen molar-refractivity contribution in [2.45, 2.75) is 4.84 Å². The monoisotopic (exact) mass is 357 g/mol. The second kappa shape index (κ2) is 7.21. The number of benzene rings is 1. The zero-order chi connectivity index (χ0) is 12.8. The maximum absolute atomic E-state index is 11.5. The van der Waals surface area contributed by atoms with E-state index in [-0.39, 0.29) is 11.6 Å². The molecule has 7 heteroatoms. The molecule has 0 N–H and O–H groups in total. The summed E-state index contributed by atoms with van der Waals surface area (Å²) in [5.41, 5.74) is 0.548. The minimum atomic E-state index is -0.898. The van der Waals surface area contributed by atoms with Crippen LogP contribution in [-0.4, -0.2) is 22.4 Å². The number of hydrogen-bond donors (Lipinski definition) is 0. The highest BCUT2D eigenvalue weighted by Crippen LogP contribution is 2.12. The first-order valence-electron chi connectivity index (χ1n) is 4.42. The van der Waals surface area contributed by atoms with Crippen molar-refractivity contribution in [1.29, 1.82) is 0 Å². The van der Waals surface area contributed by atoms with E-state index in [1.807, 2.05) is 0 Å². The summed E-state index contributed by atoms with van der Waals surface area (Å²) in [6.45, 7) is 0. The summed E-state index contributed by atoms with van der Waals surface area (Å²) in [6, 6.07) is 6.63. The molecule has 1 rings (SSSR count). The van der Waals surface area contributed by atoms with Crippen LogP contribution in [0.5, 0.6) is 0 Å². The average Bonchev–Trinajstić information content (AvgIpc) is 2.30. The second-order valence-electron chi connectivity index (χ2n) is 2.90. The predicted molar refractivity (Wildman–Crippen MR) is 73.2 cm³/mol. The Morgan fingerprint density at radius 1 is 1.35 bits per heavy atom. The third-order valence-electron chi connectivity index (χ3n) is 1.71. The fraction of sp³-hybridized carbons (Fsp3) is 0.200. The molecule has 0 spiro atoms. The van der Waals surface area contributed by atoms with Crippen LogP contribution in [0.2, 0.25) is 0 Å². The van der Waals surface area contributed by atoms with Gasteiger partial charge in [-0.2, -0.15) is 0 Å². The van der Waals surface area contributed by atoms with Gasteiger partial charge in [0, 0.05) is 4.47 Å². The van der Waals surface area contributed by atoms with Gasteiger partial charge in [-0.25, -0.2) is 4.79 Å². The normalized spacial score (nSPS) is 11.7. The molecule has 1 aromatic rings. The number of nitrogens with zero attached hydrogens (tertiary/aromatic N) is 1. The number of alkyl halides is 3. The highest BCUT2D eigenvalue weighted by Gasteiger charge is 2.11. The summed E-state index contributed by atoms with van der Waals surface area (Å²) in [7, 11) is 0. The summed E-state index contributed by atoms with van der Waals surface area (Å²) >= 11 is 19.9. The number of carbonyl (C=O) groups is 1. The lowest BCUT2D eigenvalue weighted by atomic mass is 10.2. The van der Waals surface area contributed by atoms with Gasteiger partial charge < -0.3 is 4.84 Å². The summed E-state index contributed by atoms with van der Waals surface area (Å²) < 4.78 is 0.862. The molecule has 17 heavy (non-hydrogen) atoms. The van der Waals surface area contributed by atoms with Crippen molar-refractivity contribution in [3.63, 3.8) is 0 Å². The fourth-order valence-electron chi connectivity index (χ4n) is 0.861. The number of carbonyl (C=O) groups excluding carboxylic acids is 1. The summed E-state index contributed by atoms with van der Waals surface area (Å²) in [4.78, 5) is 15.3. The summed E-state index contributed by atoms with van der Waals surface area (Å²) in [5, 5.41) is 3.50. The van der Waals surface area contributed by atoms with Crippen molar-refractivity contribution >= 4 is 62.4 Å². The molecule has 0 aliphatic carbocycles. The van der Waals surface area contributed by atoms with Crippen molar-refractivity contribution in [3.05, 3.63) is 34.3 Å². The number of oxime groups is 1. The van der Waals surface area contributed by atoms with Crippen LogP contribution in [0.25, 0.3) is 0 Å². The Balaban J connectivity index is 2.70. The Morgan fingerprint density at radius 2 is 1.94 bits per heavy atom. The van der Waals surface area contributed by atoms with E-state index < -0.39 is 10.8 Å². The molecule has 1 aromatic carbocycles. The minimum Gasteiger partial charge on any atom is -0.313 e. The molecular formula is C10H7BrCl3NO2. The Kier molecular flexibility index (Phi) is 6.27. The first-order chi connectivity index (χ1) is 8.04. The maximum atomic E-state index is 11.5. The van der Waals surface area contributed by atoms with Gasteiger partial charge in [0.1, 0.15) is 10.5 Å². The molecule has 0 aromatic heterocycles. The topological polar surface area (TPSA) is 38.7 Å². The molecule has 92 valence electrons. The van der Waals surface area contributed by atoms with Gasteiger partial charge in [-0.15, -0.1) is 11.6 Å². The van der Waals surface area contributed by atoms with Crippen molar-refractivity contribution in [2.24, 2.45) is 5.16 Å². The molecule has 0 bridgehead atoms. The van der Waals surface area contributed by atoms with E-state index in [2.05, 4.69) is 25.9 Å². The molecule has 0 saturated carbocycles. The van der Waals surface area contributed by atoms with Crippen LogP contribution in [0.1, 0.15) is 10.4 Å². The molecule has 0 unspecified atom stereocenters. The summed E-state index contributed by atoms with van der Waals surface area (Å²) in [5.74, 6) is -0.611. The Bertz CT molecular complexity index is 420. The number of halogens is 4. The average molecular weight is 359 g/mol. The van der Waals surface area contributed by atoms with Gasteiger partial charge in [0.15, 0.2) is 0 Å². The van der Waals surface area contributed by atoms with E-state index in [0.717, 1.165) is 4.47 Å². The van der Waals surface area contributed by atoms with Gasteiger partial charge in [-0.05, 0) is 24.3 Å². The van der Waals surface area contributed by atoms with Gasteiger partial charge >= 0.3 is 5.97 Å². The molecule has 0 fully saturated rings. The quantitative estimate of drug-likeness (QED) is 0.353. The van der Waals surface area contributed by atoms with Crippen LogP contribution < -0.4 is 0 Å². The highest BCUT2D eigenvalue weighted by atomic mass is 79.9. The van der Waals surface area contributed by atoms with Crippen LogP contribution in [-0.2, 0) is 4.84 Å². The van der Waals surface area contributed by atoms with E-state index in [0.29, 0.717) is 5.56 Å². The van der Waals surface area contributed by atoms with E-state index in [4.69, 9.17) is 34.8 Å². The van der Waals surface area contributed by atoms with Crippen LogP contribution in [0, 0.1) is 0 Å². The highest BCUT2D eigenvalue weighted by molar-refractivity contribution is 9.10. The first kappa shape index (κ1) is 14.8. The largest absolute Gasteiger partial charge is 0.365 e. The lowest BCUT2D eigenvalue weighted by Crippen LogP contribution is -2.12. The zero-order valence-corrected chi connectivity index (χ0v) is 12.2. The molecule has 0 heterocycles. The van der Waals surface area contributed by atoms with Crippen LogP contribution in [0.4, 0.5) is 0 Å². The Labute approximate surface area is 122 Å². The number of hydrogen-bond acceptors (Lipinski definition) is 3. The van der Waals surface area contributed by atoms with E-state index >= 15 is 0 Å². The molecule has 3 nitrogen and oxygen atoms in total. The molecule has 0 amide bonds. The smallest absolute Gasteiger partial charge is 0.313 e. The van der Waals surface area contributed by atoms with E-state index in [1.54, 1.807) is 24.3 Å². The number of rotatable bonds is 4. The van der Waals surface area contributed by atoms with Crippen LogP contribution in [0.3, 0.4) is 0 Å². The third-order valence-corrected chi connectivity index (χ3v) is 3.02. The van der Waals surface area contributed by atoms with Gasteiger partial charge in [0.05, 0.1) is 11.4 Å². The molecule has 0 radical (unpaired) electrons. The maximum Gasteiger partial charge on any atom is 0.365 e. The van der Waals surface area contributed by atoms with Gasteiger partial charge in [0.25, 0.3) is 0 Å². The standard InChI is InChI=1S/C10H7BrCl3NO2/c11-7-3-1-6(2-4-7)10(16)17-15-8(5-12)9(13)14/h1-4,9H,5H2. The molecule has 0 saturated heterocycles. The molecule has 0 aliphatic heterocycles. The van der Waals surface area contributed by atoms with Crippen molar-refractivity contribution in [2.75, 3.05) is 5.88 Å². The van der Waals surface area contributed by atoms with Crippen molar-refractivity contribution < 1.29 is 9.63 Å². The molecule has 0 aliphatic rings. The van der Waals surface area contributed by atoms with Gasteiger partial charge in [-0.1, -0.05) is 44.3 Å². The van der Waals surface area contributed by atoms with Crippen molar-refractivity contribution in [3.8, 4) is 0 Å². The SMILES string of the molecule is O=C(ON=C(CCl)C(Cl)Cl)c1ccc(Br)cc1. The minimum absolute atomic E-state index is 0.00865. The molecular weight excluding hydrogens is 352 g/mol. The lowest BCUT2D eigenvalue weighted by Gasteiger charge is -2.02. The third kappa shape index (κ3) is 4.84. The van der Waals surface area contributed by atoms with Gasteiger partial charge in [-0.3, -0.25) is 0 Å². The predicted octanol–water partition coefficient (Wildman–Crippen LogP) is 4.00. The Hall–Kier alpha value is -0.290. The first-order valence-corrected chi connectivity index (χ1v) is 6.62. The zero-order valence-electron chi connectivity index (χ0n) is 8.37. The van der Waals surface area contributed by atoms with Crippen LogP contribution in [0.15, 0.2) is 33.9 Å². The second-order valence-corrected chi connectivity index (χ2v) is 5.18. The van der Waals surface area contributed by atoms with E-state index in [9.17, 15) is 4.79 Å². The van der Waals surface area contributed by atoms with Gasteiger partial charge in [0.2, 0.25) is 0 Å². The Morgan fingerprint density at radius 3 is 2.41 bits per heavy atom. The summed E-state index contributed by atoms with van der Waals surface area (Å²) in [6.07, 6.45) is 0.